The van der Waals surface area contributed by atoms with Crippen molar-refractivity contribution in [1.82, 2.24) is 4.90 Å². The third-order valence-electron chi connectivity index (χ3n) is 3.89. The van der Waals surface area contributed by atoms with Crippen LogP contribution in [-0.2, 0) is 9.53 Å². The minimum absolute atomic E-state index is 0.139. The Hall–Kier alpha value is -1.75. The Morgan fingerprint density at radius 3 is 2.70 bits per heavy atom. The van der Waals surface area contributed by atoms with E-state index in [9.17, 15) is 4.79 Å². The third-order valence-corrected chi connectivity index (χ3v) is 3.89. The van der Waals surface area contributed by atoms with E-state index in [4.69, 9.17) is 15.2 Å². The van der Waals surface area contributed by atoms with Crippen molar-refractivity contribution >= 4 is 11.6 Å². The van der Waals surface area contributed by atoms with E-state index in [0.717, 1.165) is 25.9 Å². The molecular formula is C15H20N2O3. The van der Waals surface area contributed by atoms with Crippen LogP contribution >= 0.6 is 0 Å². The molecule has 2 saturated heterocycles. The third kappa shape index (κ3) is 2.88. The van der Waals surface area contributed by atoms with E-state index in [1.807, 2.05) is 23.1 Å². The van der Waals surface area contributed by atoms with E-state index in [2.05, 4.69) is 0 Å². The Bertz CT molecular complexity index is 480. The summed E-state index contributed by atoms with van der Waals surface area (Å²) in [6, 6.07) is 7.33. The number of anilines is 1. The largest absolute Gasteiger partial charge is 0.491 e. The SMILES string of the molecule is Nc1ccccc1OCCC(=O)N1CC2CCC(C1)O2. The van der Waals surface area contributed by atoms with E-state index >= 15 is 0 Å². The number of nitrogen functional groups attached to an aromatic ring is 1. The van der Waals surface area contributed by atoms with Gasteiger partial charge >= 0.3 is 0 Å². The summed E-state index contributed by atoms with van der Waals surface area (Å²) in [5.74, 6) is 0.780. The predicted molar refractivity (Wildman–Crippen MR) is 75.4 cm³/mol. The molecule has 5 nitrogen and oxygen atoms in total. The number of nitrogens with zero attached hydrogens (tertiary/aromatic N) is 1. The minimum atomic E-state index is 0.139. The summed E-state index contributed by atoms with van der Waals surface area (Å²) >= 11 is 0. The van der Waals surface area contributed by atoms with Crippen LogP contribution in [0.3, 0.4) is 0 Å². The topological polar surface area (TPSA) is 64.8 Å². The number of hydrogen-bond donors (Lipinski definition) is 1. The predicted octanol–water partition coefficient (Wildman–Crippen LogP) is 1.43. The molecular weight excluding hydrogens is 256 g/mol. The number of carbonyl (C=O) groups is 1. The number of benzene rings is 1. The average Bonchev–Trinajstić information content (AvgIpc) is 2.79. The summed E-state index contributed by atoms with van der Waals surface area (Å²) < 4.78 is 11.3. The average molecular weight is 276 g/mol. The summed E-state index contributed by atoms with van der Waals surface area (Å²) in [6.45, 7) is 1.81. The highest BCUT2D eigenvalue weighted by atomic mass is 16.5. The van der Waals surface area contributed by atoms with E-state index in [0.29, 0.717) is 24.5 Å². The molecule has 2 heterocycles. The molecule has 108 valence electrons. The van der Waals surface area contributed by atoms with Crippen molar-refractivity contribution in [2.24, 2.45) is 0 Å². The lowest BCUT2D eigenvalue weighted by molar-refractivity contribution is -0.140. The first kappa shape index (κ1) is 13.2. The van der Waals surface area contributed by atoms with Gasteiger partial charge in [-0.2, -0.15) is 0 Å². The fourth-order valence-corrected chi connectivity index (χ4v) is 2.84. The molecule has 2 atom stereocenters. The maximum Gasteiger partial charge on any atom is 0.226 e. The van der Waals surface area contributed by atoms with Gasteiger partial charge in [-0.05, 0) is 25.0 Å². The Kier molecular flexibility index (Phi) is 3.78. The smallest absolute Gasteiger partial charge is 0.226 e. The first-order chi connectivity index (χ1) is 9.72. The second kappa shape index (κ2) is 5.71. The van der Waals surface area contributed by atoms with E-state index in [1.54, 1.807) is 6.07 Å². The number of carbonyl (C=O) groups excluding carboxylic acids is 1. The monoisotopic (exact) mass is 276 g/mol. The normalized spacial score (nSPS) is 24.7. The lowest BCUT2D eigenvalue weighted by atomic mass is 10.2. The van der Waals surface area contributed by atoms with Crippen molar-refractivity contribution in [1.29, 1.82) is 0 Å². The zero-order chi connectivity index (χ0) is 13.9. The van der Waals surface area contributed by atoms with Crippen molar-refractivity contribution in [2.45, 2.75) is 31.5 Å². The molecule has 5 heteroatoms. The fraction of sp³-hybridized carbons (Fsp3) is 0.533. The molecule has 0 saturated carbocycles. The van der Waals surface area contributed by atoms with Crippen molar-refractivity contribution in [3.63, 3.8) is 0 Å². The second-order valence-corrected chi connectivity index (χ2v) is 5.39. The summed E-state index contributed by atoms with van der Waals surface area (Å²) in [5, 5.41) is 0. The van der Waals surface area contributed by atoms with E-state index < -0.39 is 0 Å². The standard InChI is InChI=1S/C15H20N2O3/c16-13-3-1-2-4-14(13)19-8-7-15(18)17-9-11-5-6-12(10-17)20-11/h1-4,11-12H,5-10,16H2. The van der Waals surface area contributed by atoms with E-state index in [-0.39, 0.29) is 18.1 Å². The maximum absolute atomic E-state index is 12.2. The number of hydrogen-bond acceptors (Lipinski definition) is 4. The molecule has 2 fully saturated rings. The molecule has 1 amide bonds. The van der Waals surface area contributed by atoms with Gasteiger partial charge in [0.25, 0.3) is 0 Å². The van der Waals surface area contributed by atoms with Crippen LogP contribution in [0.4, 0.5) is 5.69 Å². The van der Waals surface area contributed by atoms with Crippen LogP contribution in [0.5, 0.6) is 5.75 Å². The molecule has 2 unspecified atom stereocenters. The molecule has 0 radical (unpaired) electrons. The van der Waals surface area contributed by atoms with Gasteiger partial charge in [-0.15, -0.1) is 0 Å². The maximum atomic E-state index is 12.2. The van der Waals surface area contributed by atoms with Crippen molar-refractivity contribution in [3.05, 3.63) is 24.3 Å². The zero-order valence-corrected chi connectivity index (χ0v) is 11.5. The van der Waals surface area contributed by atoms with Crippen molar-refractivity contribution < 1.29 is 14.3 Å². The minimum Gasteiger partial charge on any atom is -0.491 e. The van der Waals surface area contributed by atoms with Crippen LogP contribution in [-0.4, -0.2) is 42.7 Å². The highest BCUT2D eigenvalue weighted by Gasteiger charge is 2.35. The number of ether oxygens (including phenoxy) is 2. The zero-order valence-electron chi connectivity index (χ0n) is 11.5. The van der Waals surface area contributed by atoms with Gasteiger partial charge in [0.15, 0.2) is 0 Å². The first-order valence-electron chi connectivity index (χ1n) is 7.13. The Balaban J connectivity index is 1.47. The van der Waals surface area contributed by atoms with Gasteiger partial charge in [0, 0.05) is 13.1 Å². The lowest BCUT2D eigenvalue weighted by Crippen LogP contribution is -2.46. The molecule has 2 N–H and O–H groups in total. The number of amides is 1. The molecule has 0 spiro atoms. The number of para-hydroxylation sites is 2. The number of morpholine rings is 1. The summed E-state index contributed by atoms with van der Waals surface area (Å²) in [4.78, 5) is 14.1. The molecule has 3 rings (SSSR count). The highest BCUT2D eigenvalue weighted by Crippen LogP contribution is 2.26. The molecule has 1 aromatic rings. The number of nitrogens with two attached hydrogens (primary N) is 1. The lowest BCUT2D eigenvalue weighted by Gasteiger charge is -2.32. The summed E-state index contributed by atoms with van der Waals surface area (Å²) in [7, 11) is 0. The van der Waals surface area contributed by atoms with Crippen LogP contribution in [0.1, 0.15) is 19.3 Å². The van der Waals surface area contributed by atoms with Crippen LogP contribution in [0.15, 0.2) is 24.3 Å². The number of fused-ring (bicyclic) bond motifs is 2. The van der Waals surface area contributed by atoms with Gasteiger partial charge in [0.2, 0.25) is 5.91 Å². The van der Waals surface area contributed by atoms with Crippen LogP contribution in [0.2, 0.25) is 0 Å². The van der Waals surface area contributed by atoms with Crippen molar-refractivity contribution in [2.75, 3.05) is 25.4 Å². The fourth-order valence-electron chi connectivity index (χ4n) is 2.84. The van der Waals surface area contributed by atoms with E-state index in [1.165, 1.54) is 0 Å². The van der Waals surface area contributed by atoms with Gasteiger partial charge in [-0.3, -0.25) is 4.79 Å². The van der Waals surface area contributed by atoms with Crippen LogP contribution in [0, 0.1) is 0 Å². The Labute approximate surface area is 118 Å². The quantitative estimate of drug-likeness (QED) is 0.845. The van der Waals surface area contributed by atoms with Crippen molar-refractivity contribution in [3.8, 4) is 5.75 Å². The molecule has 20 heavy (non-hydrogen) atoms. The number of likely N-dealkylation sites (tertiary alicyclic amines) is 1. The Morgan fingerprint density at radius 1 is 1.30 bits per heavy atom. The highest BCUT2D eigenvalue weighted by molar-refractivity contribution is 5.76. The first-order valence-corrected chi connectivity index (χ1v) is 7.13. The molecule has 0 aliphatic carbocycles. The van der Waals surface area contributed by atoms with Crippen LogP contribution in [0.25, 0.3) is 0 Å². The van der Waals surface area contributed by atoms with Crippen LogP contribution < -0.4 is 10.5 Å². The number of rotatable bonds is 4. The van der Waals surface area contributed by atoms with Gasteiger partial charge < -0.3 is 20.1 Å². The molecule has 0 aromatic heterocycles. The second-order valence-electron chi connectivity index (χ2n) is 5.39. The van der Waals surface area contributed by atoms with Gasteiger partial charge in [-0.25, -0.2) is 0 Å². The Morgan fingerprint density at radius 2 is 2.00 bits per heavy atom. The van der Waals surface area contributed by atoms with Gasteiger partial charge in [-0.1, -0.05) is 12.1 Å². The summed E-state index contributed by atoms with van der Waals surface area (Å²) in [5.41, 5.74) is 6.39. The molecule has 2 aliphatic heterocycles. The molecule has 1 aromatic carbocycles. The summed E-state index contributed by atoms with van der Waals surface area (Å²) in [6.07, 6.45) is 3.01. The van der Waals surface area contributed by atoms with Gasteiger partial charge in [0.1, 0.15) is 5.75 Å². The molecule has 2 bridgehead atoms. The molecule has 2 aliphatic rings. The van der Waals surface area contributed by atoms with Gasteiger partial charge in [0.05, 0.1) is 30.9 Å².